The maximum Gasteiger partial charge on any atom is 0.249 e. The van der Waals surface area contributed by atoms with Crippen LogP contribution in [-0.2, 0) is 0 Å². The van der Waals surface area contributed by atoms with Crippen LogP contribution in [0.4, 0.5) is 31.9 Å². The molecule has 26 heavy (non-hydrogen) atoms. The molecule has 0 saturated carbocycles. The highest BCUT2D eigenvalue weighted by Gasteiger charge is 2.11. The predicted octanol–water partition coefficient (Wildman–Crippen LogP) is 3.65. The maximum absolute atomic E-state index is 13.7. The van der Waals surface area contributed by atoms with Crippen molar-refractivity contribution in [2.75, 3.05) is 24.9 Å². The number of aromatic nitrogens is 3. The molecule has 0 unspecified atom stereocenters. The fourth-order valence-electron chi connectivity index (χ4n) is 2.21. The zero-order chi connectivity index (χ0) is 18.5. The van der Waals surface area contributed by atoms with Crippen molar-refractivity contribution in [2.24, 2.45) is 0 Å². The van der Waals surface area contributed by atoms with Crippen molar-refractivity contribution in [3.63, 3.8) is 0 Å². The third-order valence-corrected chi connectivity index (χ3v) is 3.41. The number of para-hydroxylation sites is 1. The molecule has 2 aromatic carbocycles. The Morgan fingerprint density at radius 3 is 2.35 bits per heavy atom. The number of rotatable bonds is 6. The standard InChI is InChI=1S/C17H15F2N5O2/c1-25-13-7-6-10(8-14(13)26-2)21-17-23-15(9-20-24-17)22-16-11(18)4-3-5-12(16)19/h3-9H,1-2H3,(H2,21,22,23,24). The molecular formula is C17H15F2N5O2. The molecule has 1 heterocycles. The minimum Gasteiger partial charge on any atom is -0.493 e. The molecule has 0 aliphatic heterocycles. The van der Waals surface area contributed by atoms with Gasteiger partial charge in [0.2, 0.25) is 5.95 Å². The highest BCUT2D eigenvalue weighted by Crippen LogP contribution is 2.30. The van der Waals surface area contributed by atoms with Gasteiger partial charge in [0.15, 0.2) is 17.3 Å². The summed E-state index contributed by atoms with van der Waals surface area (Å²) in [5, 5.41) is 13.1. The molecule has 1 aromatic heterocycles. The van der Waals surface area contributed by atoms with Gasteiger partial charge in [-0.15, -0.1) is 5.10 Å². The number of benzene rings is 2. The maximum atomic E-state index is 13.7. The van der Waals surface area contributed by atoms with E-state index in [1.807, 2.05) is 0 Å². The number of anilines is 4. The number of ether oxygens (including phenoxy) is 2. The molecule has 9 heteroatoms. The minimum atomic E-state index is -0.738. The lowest BCUT2D eigenvalue weighted by molar-refractivity contribution is 0.355. The number of nitrogens with one attached hydrogen (secondary N) is 2. The van der Waals surface area contributed by atoms with Gasteiger partial charge >= 0.3 is 0 Å². The van der Waals surface area contributed by atoms with Gasteiger partial charge < -0.3 is 20.1 Å². The smallest absolute Gasteiger partial charge is 0.249 e. The van der Waals surface area contributed by atoms with E-state index in [1.165, 1.54) is 26.5 Å². The van der Waals surface area contributed by atoms with E-state index in [-0.39, 0.29) is 17.5 Å². The first kappa shape index (κ1) is 17.3. The second-order valence-corrected chi connectivity index (χ2v) is 5.08. The molecule has 3 aromatic rings. The number of methoxy groups -OCH3 is 2. The topological polar surface area (TPSA) is 81.2 Å². The Kier molecular flexibility index (Phi) is 5.07. The van der Waals surface area contributed by atoms with Gasteiger partial charge in [-0.25, -0.2) is 8.78 Å². The Bertz CT molecular complexity index is 903. The van der Waals surface area contributed by atoms with Crippen molar-refractivity contribution in [2.45, 2.75) is 0 Å². The van der Waals surface area contributed by atoms with Crippen LogP contribution in [0.5, 0.6) is 11.5 Å². The molecule has 3 rings (SSSR count). The second kappa shape index (κ2) is 7.60. The Balaban J connectivity index is 1.82. The van der Waals surface area contributed by atoms with E-state index >= 15 is 0 Å². The minimum absolute atomic E-state index is 0.131. The fraction of sp³-hybridized carbons (Fsp3) is 0.118. The van der Waals surface area contributed by atoms with Crippen LogP contribution in [0.2, 0.25) is 0 Å². The van der Waals surface area contributed by atoms with Crippen LogP contribution >= 0.6 is 0 Å². The van der Waals surface area contributed by atoms with E-state index in [9.17, 15) is 8.78 Å². The van der Waals surface area contributed by atoms with E-state index in [4.69, 9.17) is 9.47 Å². The van der Waals surface area contributed by atoms with Crippen molar-refractivity contribution in [3.8, 4) is 11.5 Å². The number of hydrogen-bond acceptors (Lipinski definition) is 7. The van der Waals surface area contributed by atoms with E-state index in [1.54, 1.807) is 18.2 Å². The quantitative estimate of drug-likeness (QED) is 0.695. The summed E-state index contributed by atoms with van der Waals surface area (Å²) in [4.78, 5) is 4.14. The predicted molar refractivity (Wildman–Crippen MR) is 92.3 cm³/mol. The van der Waals surface area contributed by atoms with Crippen molar-refractivity contribution in [1.29, 1.82) is 0 Å². The van der Waals surface area contributed by atoms with Crippen LogP contribution in [0.15, 0.2) is 42.6 Å². The highest BCUT2D eigenvalue weighted by atomic mass is 19.1. The molecule has 0 aliphatic carbocycles. The summed E-state index contributed by atoms with van der Waals surface area (Å²) in [5.41, 5.74) is 0.309. The first-order valence-corrected chi connectivity index (χ1v) is 7.50. The molecule has 0 amide bonds. The highest BCUT2D eigenvalue weighted by molar-refractivity contribution is 5.62. The summed E-state index contributed by atoms with van der Waals surface area (Å²) < 4.78 is 37.9. The van der Waals surface area contributed by atoms with Gasteiger partial charge in [0.25, 0.3) is 0 Å². The zero-order valence-electron chi connectivity index (χ0n) is 14.0. The molecule has 0 aliphatic rings. The normalized spacial score (nSPS) is 10.3. The van der Waals surface area contributed by atoms with Crippen molar-refractivity contribution in [3.05, 3.63) is 54.2 Å². The lowest BCUT2D eigenvalue weighted by Crippen LogP contribution is -2.04. The average Bonchev–Trinajstić information content (AvgIpc) is 2.65. The summed E-state index contributed by atoms with van der Waals surface area (Å²) >= 11 is 0. The number of hydrogen-bond donors (Lipinski definition) is 2. The van der Waals surface area contributed by atoms with Crippen LogP contribution in [0.25, 0.3) is 0 Å². The second-order valence-electron chi connectivity index (χ2n) is 5.08. The molecule has 0 saturated heterocycles. The third kappa shape index (κ3) is 3.77. The summed E-state index contributed by atoms with van der Waals surface area (Å²) in [5.74, 6) is -0.113. The van der Waals surface area contributed by atoms with E-state index in [0.717, 1.165) is 12.1 Å². The van der Waals surface area contributed by atoms with Crippen LogP contribution < -0.4 is 20.1 Å². The van der Waals surface area contributed by atoms with Gasteiger partial charge in [-0.05, 0) is 24.3 Å². The molecular weight excluding hydrogens is 344 g/mol. The van der Waals surface area contributed by atoms with Crippen LogP contribution in [0.1, 0.15) is 0 Å². The van der Waals surface area contributed by atoms with Crippen molar-refractivity contribution < 1.29 is 18.3 Å². The van der Waals surface area contributed by atoms with Gasteiger partial charge in [-0.1, -0.05) is 6.07 Å². The largest absolute Gasteiger partial charge is 0.493 e. The van der Waals surface area contributed by atoms with Crippen LogP contribution in [0.3, 0.4) is 0 Å². The Hall–Kier alpha value is -3.49. The van der Waals surface area contributed by atoms with Crippen molar-refractivity contribution >= 4 is 23.1 Å². The van der Waals surface area contributed by atoms with Gasteiger partial charge in [-0.3, -0.25) is 0 Å². The Morgan fingerprint density at radius 2 is 1.65 bits per heavy atom. The van der Waals surface area contributed by atoms with E-state index in [0.29, 0.717) is 17.2 Å². The number of halogens is 2. The first-order chi connectivity index (χ1) is 12.6. The molecule has 0 radical (unpaired) electrons. The van der Waals surface area contributed by atoms with Gasteiger partial charge in [0, 0.05) is 11.8 Å². The third-order valence-electron chi connectivity index (χ3n) is 3.41. The molecule has 0 fully saturated rings. The van der Waals surface area contributed by atoms with Crippen molar-refractivity contribution in [1.82, 2.24) is 15.2 Å². The zero-order valence-corrected chi connectivity index (χ0v) is 14.0. The van der Waals surface area contributed by atoms with Gasteiger partial charge in [0.1, 0.15) is 17.3 Å². The van der Waals surface area contributed by atoms with Crippen LogP contribution in [0, 0.1) is 11.6 Å². The molecule has 134 valence electrons. The molecule has 2 N–H and O–H groups in total. The Morgan fingerprint density at radius 1 is 0.923 bits per heavy atom. The summed E-state index contributed by atoms with van der Waals surface area (Å²) in [7, 11) is 3.06. The molecule has 0 atom stereocenters. The molecule has 7 nitrogen and oxygen atoms in total. The molecule has 0 spiro atoms. The number of nitrogens with zero attached hydrogens (tertiary/aromatic N) is 3. The summed E-state index contributed by atoms with van der Waals surface area (Å²) in [6.45, 7) is 0. The lowest BCUT2D eigenvalue weighted by Gasteiger charge is -2.11. The summed E-state index contributed by atoms with van der Waals surface area (Å²) in [6.07, 6.45) is 1.26. The van der Waals surface area contributed by atoms with Gasteiger partial charge in [-0.2, -0.15) is 10.1 Å². The van der Waals surface area contributed by atoms with E-state index < -0.39 is 11.6 Å². The van der Waals surface area contributed by atoms with Crippen LogP contribution in [-0.4, -0.2) is 29.4 Å². The first-order valence-electron chi connectivity index (χ1n) is 7.50. The van der Waals surface area contributed by atoms with E-state index in [2.05, 4.69) is 25.8 Å². The fourth-order valence-corrected chi connectivity index (χ4v) is 2.21. The summed E-state index contributed by atoms with van der Waals surface area (Å²) in [6, 6.07) is 8.70. The SMILES string of the molecule is COc1ccc(Nc2nncc(Nc3c(F)cccc3F)n2)cc1OC. The Labute approximate surface area is 148 Å². The lowest BCUT2D eigenvalue weighted by atomic mass is 10.3. The monoisotopic (exact) mass is 359 g/mol. The molecule has 0 bridgehead atoms. The van der Waals surface area contributed by atoms with Gasteiger partial charge in [0.05, 0.1) is 20.4 Å². The average molecular weight is 359 g/mol.